The minimum atomic E-state index is -0.856. The number of hydrogen-bond acceptors (Lipinski definition) is 6. The lowest BCUT2D eigenvalue weighted by Crippen LogP contribution is -2.56. The molecule has 0 aliphatic heterocycles. The van der Waals surface area contributed by atoms with Crippen LogP contribution >= 0.6 is 0 Å². The zero-order valence-corrected chi connectivity index (χ0v) is 19.8. The van der Waals surface area contributed by atoms with Crippen molar-refractivity contribution in [3.8, 4) is 0 Å². The maximum atomic E-state index is 12.7. The summed E-state index contributed by atoms with van der Waals surface area (Å²) < 4.78 is 16.2. The van der Waals surface area contributed by atoms with Crippen LogP contribution in [0.2, 0.25) is 0 Å². The second kappa shape index (κ2) is 14.4. The van der Waals surface area contributed by atoms with Crippen molar-refractivity contribution in [2.75, 3.05) is 13.2 Å². The first kappa shape index (κ1) is 27.4. The molecular weight excluding hydrogens is 414 g/mol. The van der Waals surface area contributed by atoms with Gasteiger partial charge in [-0.3, -0.25) is 9.59 Å². The van der Waals surface area contributed by atoms with Gasteiger partial charge in [-0.1, -0.05) is 44.2 Å². The second-order valence-electron chi connectivity index (χ2n) is 7.73. The molecule has 0 saturated carbocycles. The van der Waals surface area contributed by atoms with Crippen LogP contribution in [0.1, 0.15) is 47.1 Å². The molecule has 180 valence electrons. The predicted molar refractivity (Wildman–Crippen MR) is 121 cm³/mol. The molecule has 3 N–H and O–H groups in total. The number of carbonyl (C=O) groups excluding carboxylic acids is 3. The van der Waals surface area contributed by atoms with Crippen molar-refractivity contribution in [3.05, 3.63) is 35.9 Å². The first-order chi connectivity index (χ1) is 15.2. The van der Waals surface area contributed by atoms with Crippen molar-refractivity contribution >= 4 is 17.9 Å². The zero-order chi connectivity index (χ0) is 24.1. The number of ether oxygens (including phenoxy) is 3. The molecule has 1 aromatic rings. The Hall–Kier alpha value is -2.65. The molecule has 1 rings (SSSR count). The van der Waals surface area contributed by atoms with Gasteiger partial charge in [-0.15, -0.1) is 0 Å². The third-order valence-corrected chi connectivity index (χ3v) is 4.63. The molecule has 0 radical (unpaired) electrons. The van der Waals surface area contributed by atoms with E-state index in [1.807, 2.05) is 44.2 Å². The summed E-state index contributed by atoms with van der Waals surface area (Å²) in [6.45, 7) is 11.6. The van der Waals surface area contributed by atoms with Gasteiger partial charge in [0.2, 0.25) is 11.8 Å². The van der Waals surface area contributed by atoms with Crippen LogP contribution in [0.5, 0.6) is 0 Å². The van der Waals surface area contributed by atoms with Crippen LogP contribution in [-0.2, 0) is 30.4 Å². The van der Waals surface area contributed by atoms with Crippen LogP contribution in [0.15, 0.2) is 30.3 Å². The number of alkyl carbamates (subject to hydrolysis) is 1. The van der Waals surface area contributed by atoms with E-state index in [9.17, 15) is 14.4 Å². The number of benzene rings is 1. The molecule has 0 fully saturated rings. The van der Waals surface area contributed by atoms with Crippen LogP contribution in [-0.4, -0.2) is 55.5 Å². The largest absolute Gasteiger partial charge is 0.445 e. The van der Waals surface area contributed by atoms with E-state index in [2.05, 4.69) is 16.0 Å². The normalized spacial score (nSPS) is 13.9. The number of nitrogens with one attached hydrogen (secondary N) is 3. The summed E-state index contributed by atoms with van der Waals surface area (Å²) in [6.07, 6.45) is -1.29. The molecule has 9 heteroatoms. The molecule has 0 aliphatic carbocycles. The molecule has 0 heterocycles. The minimum absolute atomic E-state index is 0.0939. The molecule has 0 aromatic heterocycles. The van der Waals surface area contributed by atoms with Gasteiger partial charge in [0.25, 0.3) is 0 Å². The van der Waals surface area contributed by atoms with Gasteiger partial charge in [-0.05, 0) is 39.2 Å². The maximum absolute atomic E-state index is 12.7. The highest BCUT2D eigenvalue weighted by atomic mass is 16.7. The van der Waals surface area contributed by atoms with Crippen molar-refractivity contribution in [3.63, 3.8) is 0 Å². The lowest BCUT2D eigenvalue weighted by Gasteiger charge is -2.27. The van der Waals surface area contributed by atoms with Gasteiger partial charge in [0.05, 0.1) is 6.04 Å². The van der Waals surface area contributed by atoms with Gasteiger partial charge in [0.15, 0.2) is 6.29 Å². The van der Waals surface area contributed by atoms with E-state index in [4.69, 9.17) is 14.2 Å². The Balaban J connectivity index is 2.60. The number of carbonyl (C=O) groups is 3. The van der Waals surface area contributed by atoms with E-state index in [1.165, 1.54) is 0 Å². The van der Waals surface area contributed by atoms with Gasteiger partial charge in [0, 0.05) is 13.2 Å². The van der Waals surface area contributed by atoms with E-state index in [1.54, 1.807) is 27.7 Å². The smallest absolute Gasteiger partial charge is 0.408 e. The number of amides is 3. The van der Waals surface area contributed by atoms with Crippen LogP contribution in [0, 0.1) is 5.92 Å². The average molecular weight is 452 g/mol. The molecule has 9 nitrogen and oxygen atoms in total. The Morgan fingerprint density at radius 3 is 1.97 bits per heavy atom. The molecule has 3 amide bonds. The molecular formula is C23H37N3O6. The third-order valence-electron chi connectivity index (χ3n) is 4.63. The fourth-order valence-electron chi connectivity index (χ4n) is 2.88. The van der Waals surface area contributed by atoms with E-state index < -0.39 is 36.4 Å². The molecule has 0 saturated heterocycles. The first-order valence-corrected chi connectivity index (χ1v) is 11.0. The second-order valence-corrected chi connectivity index (χ2v) is 7.73. The number of hydrogen-bond donors (Lipinski definition) is 3. The van der Waals surface area contributed by atoms with Crippen molar-refractivity contribution in [2.45, 2.75) is 72.6 Å². The monoisotopic (exact) mass is 451 g/mol. The Morgan fingerprint density at radius 1 is 0.844 bits per heavy atom. The lowest BCUT2D eigenvalue weighted by atomic mass is 10.0. The van der Waals surface area contributed by atoms with Crippen molar-refractivity contribution < 1.29 is 28.6 Å². The van der Waals surface area contributed by atoms with Crippen LogP contribution in [0.4, 0.5) is 4.79 Å². The molecule has 0 spiro atoms. The summed E-state index contributed by atoms with van der Waals surface area (Å²) >= 11 is 0. The maximum Gasteiger partial charge on any atom is 0.408 e. The Bertz CT molecular complexity index is 707. The van der Waals surface area contributed by atoms with Crippen molar-refractivity contribution in [2.24, 2.45) is 5.92 Å². The topological polar surface area (TPSA) is 115 Å². The van der Waals surface area contributed by atoms with Gasteiger partial charge in [-0.2, -0.15) is 0 Å². The van der Waals surface area contributed by atoms with Crippen molar-refractivity contribution in [1.29, 1.82) is 0 Å². The quantitative estimate of drug-likeness (QED) is 0.397. The summed E-state index contributed by atoms with van der Waals surface area (Å²) in [5, 5.41) is 8.01. The summed E-state index contributed by atoms with van der Waals surface area (Å²) in [6, 6.07) is 7.15. The standard InChI is InChI=1S/C23H37N3O6/c1-7-30-22(31-8-2)17(6)25-20(27)16(5)24-21(28)19(15(3)4)26-23(29)32-14-18-12-10-9-11-13-18/h9-13,15-17,19,22H,7-8,14H2,1-6H3,(H,24,28)(H,25,27)(H,26,29)/t16-,17?,19-/m0/s1. The highest BCUT2D eigenvalue weighted by Gasteiger charge is 2.29. The molecule has 32 heavy (non-hydrogen) atoms. The average Bonchev–Trinajstić information content (AvgIpc) is 2.76. The highest BCUT2D eigenvalue weighted by Crippen LogP contribution is 2.06. The zero-order valence-electron chi connectivity index (χ0n) is 19.8. The fraction of sp³-hybridized carbons (Fsp3) is 0.609. The summed E-state index contributed by atoms with van der Waals surface area (Å²) in [7, 11) is 0. The van der Waals surface area contributed by atoms with Crippen LogP contribution < -0.4 is 16.0 Å². The summed E-state index contributed by atoms with van der Waals surface area (Å²) in [5.74, 6) is -1.07. The van der Waals surface area contributed by atoms with Gasteiger partial charge < -0.3 is 30.2 Å². The lowest BCUT2D eigenvalue weighted by molar-refractivity contribution is -0.156. The third kappa shape index (κ3) is 9.65. The summed E-state index contributed by atoms with van der Waals surface area (Å²) in [5.41, 5.74) is 0.838. The molecule has 3 atom stereocenters. The van der Waals surface area contributed by atoms with Gasteiger partial charge in [-0.25, -0.2) is 4.79 Å². The first-order valence-electron chi connectivity index (χ1n) is 11.0. The van der Waals surface area contributed by atoms with Crippen LogP contribution in [0.25, 0.3) is 0 Å². The predicted octanol–water partition coefficient (Wildman–Crippen LogP) is 2.35. The van der Waals surface area contributed by atoms with Gasteiger partial charge in [0.1, 0.15) is 18.7 Å². The Kier molecular flexibility index (Phi) is 12.3. The Labute approximate surface area is 190 Å². The van der Waals surface area contributed by atoms with E-state index in [-0.39, 0.29) is 18.4 Å². The number of rotatable bonds is 13. The molecule has 0 bridgehead atoms. The molecule has 0 aliphatic rings. The SMILES string of the molecule is CCOC(OCC)C(C)NC(=O)[C@H](C)NC(=O)[C@@H](NC(=O)OCc1ccccc1)C(C)C. The highest BCUT2D eigenvalue weighted by molar-refractivity contribution is 5.91. The van der Waals surface area contributed by atoms with E-state index >= 15 is 0 Å². The van der Waals surface area contributed by atoms with Crippen LogP contribution in [0.3, 0.4) is 0 Å². The molecule has 1 unspecified atom stereocenters. The van der Waals surface area contributed by atoms with Gasteiger partial charge >= 0.3 is 6.09 Å². The molecule has 1 aromatic carbocycles. The fourth-order valence-corrected chi connectivity index (χ4v) is 2.88. The van der Waals surface area contributed by atoms with E-state index in [0.29, 0.717) is 13.2 Å². The van der Waals surface area contributed by atoms with Crippen molar-refractivity contribution in [1.82, 2.24) is 16.0 Å². The summed E-state index contributed by atoms with van der Waals surface area (Å²) in [4.78, 5) is 37.4. The minimum Gasteiger partial charge on any atom is -0.445 e. The van der Waals surface area contributed by atoms with E-state index in [0.717, 1.165) is 5.56 Å². The Morgan fingerprint density at radius 2 is 1.44 bits per heavy atom.